The molecule has 0 unspecified atom stereocenters. The molecule has 1 atom stereocenters. The Morgan fingerprint density at radius 2 is 2.15 bits per heavy atom. The first-order valence-corrected chi connectivity index (χ1v) is 8.64. The molecule has 10 heteroatoms. The number of hydrogen-bond donors (Lipinski definition) is 2. The number of amides is 1. The molecule has 0 saturated carbocycles. The van der Waals surface area contributed by atoms with Crippen LogP contribution in [0.1, 0.15) is 12.6 Å². The van der Waals surface area contributed by atoms with E-state index in [0.29, 0.717) is 0 Å². The van der Waals surface area contributed by atoms with Crippen LogP contribution >= 0.6 is 23.4 Å². The van der Waals surface area contributed by atoms with Gasteiger partial charge in [0.2, 0.25) is 5.91 Å². The van der Waals surface area contributed by atoms with Gasteiger partial charge in [-0.05, 0) is 25.1 Å². The van der Waals surface area contributed by atoms with Gasteiger partial charge in [0.15, 0.2) is 5.16 Å². The highest BCUT2D eigenvalue weighted by Gasteiger charge is 2.18. The standard InChI is InChI=1S/C16H15ClFN3O4S/c1-8(15(24)20-12-4-3-9(17)5-11(12)18)26-16-19-10(6-13(22)21-16)7-14(23)25-2/h3-6,8H,7H2,1-2H3,(H,20,24)(H,19,21,22)/t8-/m0/s1. The van der Waals surface area contributed by atoms with Gasteiger partial charge in [-0.25, -0.2) is 9.37 Å². The van der Waals surface area contributed by atoms with Crippen LogP contribution in [0.15, 0.2) is 34.2 Å². The molecule has 0 spiro atoms. The van der Waals surface area contributed by atoms with Crippen molar-refractivity contribution in [3.8, 4) is 0 Å². The lowest BCUT2D eigenvalue weighted by molar-refractivity contribution is -0.139. The molecule has 26 heavy (non-hydrogen) atoms. The zero-order chi connectivity index (χ0) is 19.3. The summed E-state index contributed by atoms with van der Waals surface area (Å²) in [5, 5.41) is 2.13. The van der Waals surface area contributed by atoms with Crippen molar-refractivity contribution in [1.29, 1.82) is 0 Å². The molecule has 0 saturated heterocycles. The molecule has 0 fully saturated rings. The molecular formula is C16H15ClFN3O4S. The molecule has 7 nitrogen and oxygen atoms in total. The average Bonchev–Trinajstić information content (AvgIpc) is 2.56. The summed E-state index contributed by atoms with van der Waals surface area (Å²) in [6, 6.07) is 5.07. The number of carbonyl (C=O) groups is 2. The Balaban J connectivity index is 2.08. The van der Waals surface area contributed by atoms with Crippen molar-refractivity contribution in [1.82, 2.24) is 9.97 Å². The number of methoxy groups -OCH3 is 1. The highest BCUT2D eigenvalue weighted by molar-refractivity contribution is 8.00. The third-order valence-electron chi connectivity index (χ3n) is 3.17. The molecule has 2 N–H and O–H groups in total. The van der Waals surface area contributed by atoms with E-state index in [-0.39, 0.29) is 28.0 Å². The Labute approximate surface area is 157 Å². The van der Waals surface area contributed by atoms with Crippen LogP contribution in [0.5, 0.6) is 0 Å². The van der Waals surface area contributed by atoms with Gasteiger partial charge in [0.05, 0.1) is 30.2 Å². The van der Waals surface area contributed by atoms with Crippen molar-refractivity contribution in [3.05, 3.63) is 51.2 Å². The van der Waals surface area contributed by atoms with E-state index in [2.05, 4.69) is 20.0 Å². The first-order valence-electron chi connectivity index (χ1n) is 7.38. The average molecular weight is 400 g/mol. The number of nitrogens with zero attached hydrogens (tertiary/aromatic N) is 1. The van der Waals surface area contributed by atoms with Crippen LogP contribution in [0.4, 0.5) is 10.1 Å². The van der Waals surface area contributed by atoms with Crippen LogP contribution in [-0.2, 0) is 20.7 Å². The molecule has 0 aliphatic carbocycles. The SMILES string of the molecule is COC(=O)Cc1cc(=O)[nH]c(S[C@@H](C)C(=O)Nc2ccc(Cl)cc2F)n1. The number of halogens is 2. The summed E-state index contributed by atoms with van der Waals surface area (Å²) in [7, 11) is 1.23. The van der Waals surface area contributed by atoms with Gasteiger partial charge >= 0.3 is 5.97 Å². The summed E-state index contributed by atoms with van der Waals surface area (Å²) in [5.41, 5.74) is -0.245. The molecule has 0 radical (unpaired) electrons. The van der Waals surface area contributed by atoms with E-state index in [0.717, 1.165) is 17.8 Å². The second-order valence-corrected chi connectivity index (χ2v) is 6.93. The fourth-order valence-electron chi connectivity index (χ4n) is 1.90. The molecule has 0 aliphatic heterocycles. The summed E-state index contributed by atoms with van der Waals surface area (Å²) in [6.07, 6.45) is -0.162. The van der Waals surface area contributed by atoms with Crippen LogP contribution in [0, 0.1) is 5.82 Å². The smallest absolute Gasteiger partial charge is 0.311 e. The molecule has 1 amide bonds. The maximum atomic E-state index is 13.8. The highest BCUT2D eigenvalue weighted by atomic mass is 35.5. The normalized spacial score (nSPS) is 11.7. The second-order valence-electron chi connectivity index (χ2n) is 5.17. The number of carbonyl (C=O) groups excluding carboxylic acids is 2. The summed E-state index contributed by atoms with van der Waals surface area (Å²) in [4.78, 5) is 41.8. The first-order chi connectivity index (χ1) is 12.3. The van der Waals surface area contributed by atoms with Gasteiger partial charge in [-0.2, -0.15) is 0 Å². The van der Waals surface area contributed by atoms with E-state index < -0.39 is 28.5 Å². The van der Waals surface area contributed by atoms with E-state index >= 15 is 0 Å². The van der Waals surface area contributed by atoms with Gasteiger partial charge in [-0.15, -0.1) is 0 Å². The predicted octanol–water partition coefficient (Wildman–Crippen LogP) is 2.40. The molecule has 1 aromatic carbocycles. The van der Waals surface area contributed by atoms with Gasteiger partial charge in [0.25, 0.3) is 5.56 Å². The predicted molar refractivity (Wildman–Crippen MR) is 95.9 cm³/mol. The number of nitrogens with one attached hydrogen (secondary N) is 2. The molecule has 0 bridgehead atoms. The van der Waals surface area contributed by atoms with Gasteiger partial charge in [-0.1, -0.05) is 23.4 Å². The minimum Gasteiger partial charge on any atom is -0.469 e. The number of H-pyrrole nitrogens is 1. The molecule has 138 valence electrons. The number of thioether (sulfide) groups is 1. The zero-order valence-electron chi connectivity index (χ0n) is 13.8. The van der Waals surface area contributed by atoms with Crippen LogP contribution in [0.3, 0.4) is 0 Å². The molecule has 2 aromatic rings. The second kappa shape index (κ2) is 8.81. The third kappa shape index (κ3) is 5.57. The zero-order valence-corrected chi connectivity index (χ0v) is 15.4. The van der Waals surface area contributed by atoms with Gasteiger partial charge < -0.3 is 15.0 Å². The van der Waals surface area contributed by atoms with Crippen molar-refractivity contribution in [3.63, 3.8) is 0 Å². The maximum absolute atomic E-state index is 13.8. The van der Waals surface area contributed by atoms with E-state index in [1.807, 2.05) is 0 Å². The number of anilines is 1. The molecule has 2 rings (SSSR count). The quantitative estimate of drug-likeness (QED) is 0.439. The van der Waals surface area contributed by atoms with Crippen LogP contribution in [0.25, 0.3) is 0 Å². The first kappa shape index (κ1) is 19.9. The Morgan fingerprint density at radius 3 is 2.81 bits per heavy atom. The number of benzene rings is 1. The number of ether oxygens (including phenoxy) is 1. The molecule has 1 heterocycles. The number of aromatic nitrogens is 2. The minimum atomic E-state index is -0.693. The van der Waals surface area contributed by atoms with E-state index in [1.54, 1.807) is 6.92 Å². The maximum Gasteiger partial charge on any atom is 0.311 e. The summed E-state index contributed by atoms with van der Waals surface area (Å²) < 4.78 is 18.3. The van der Waals surface area contributed by atoms with Crippen molar-refractivity contribution in [2.75, 3.05) is 12.4 Å². The molecule has 1 aromatic heterocycles. The van der Waals surface area contributed by atoms with E-state index in [4.69, 9.17) is 11.6 Å². The summed E-state index contributed by atoms with van der Waals surface area (Å²) in [6.45, 7) is 1.57. The highest BCUT2D eigenvalue weighted by Crippen LogP contribution is 2.23. The summed E-state index contributed by atoms with van der Waals surface area (Å²) in [5.74, 6) is -1.69. The lowest BCUT2D eigenvalue weighted by atomic mass is 10.3. The topological polar surface area (TPSA) is 101 Å². The third-order valence-corrected chi connectivity index (χ3v) is 4.39. The van der Waals surface area contributed by atoms with Crippen molar-refractivity contribution >= 4 is 40.9 Å². The fourth-order valence-corrected chi connectivity index (χ4v) is 2.89. The fraction of sp³-hybridized carbons (Fsp3) is 0.250. The van der Waals surface area contributed by atoms with Crippen LogP contribution in [-0.4, -0.2) is 34.2 Å². The summed E-state index contributed by atoms with van der Waals surface area (Å²) >= 11 is 6.63. The Kier molecular flexibility index (Phi) is 6.76. The lowest BCUT2D eigenvalue weighted by Gasteiger charge is -2.12. The Bertz CT molecular complexity index is 890. The van der Waals surface area contributed by atoms with Crippen LogP contribution in [0.2, 0.25) is 5.02 Å². The van der Waals surface area contributed by atoms with Gasteiger partial charge in [-0.3, -0.25) is 14.4 Å². The number of hydrogen-bond acceptors (Lipinski definition) is 6. The van der Waals surface area contributed by atoms with Crippen molar-refractivity contribution in [2.24, 2.45) is 0 Å². The monoisotopic (exact) mass is 399 g/mol. The molecular weight excluding hydrogens is 385 g/mol. The van der Waals surface area contributed by atoms with Gasteiger partial charge in [0, 0.05) is 11.1 Å². The largest absolute Gasteiger partial charge is 0.469 e. The van der Waals surface area contributed by atoms with E-state index in [9.17, 15) is 18.8 Å². The van der Waals surface area contributed by atoms with Crippen molar-refractivity contribution in [2.45, 2.75) is 23.8 Å². The van der Waals surface area contributed by atoms with E-state index in [1.165, 1.54) is 25.3 Å². The van der Waals surface area contributed by atoms with Crippen molar-refractivity contribution < 1.29 is 18.7 Å². The lowest BCUT2D eigenvalue weighted by Crippen LogP contribution is -2.24. The number of rotatable bonds is 6. The molecule has 0 aliphatic rings. The minimum absolute atomic E-state index is 0.00672. The Morgan fingerprint density at radius 1 is 1.42 bits per heavy atom. The number of aromatic amines is 1. The van der Waals surface area contributed by atoms with Crippen LogP contribution < -0.4 is 10.9 Å². The number of esters is 1. The van der Waals surface area contributed by atoms with Gasteiger partial charge in [0.1, 0.15) is 5.82 Å². The Hall–Kier alpha value is -2.39.